The number of nitrogens with zero attached hydrogens (tertiary/aromatic N) is 4. The second kappa shape index (κ2) is 10.5. The van der Waals surface area contributed by atoms with Crippen LogP contribution in [-0.4, -0.2) is 90.9 Å². The molecule has 0 saturated carbocycles. The summed E-state index contributed by atoms with van der Waals surface area (Å²) < 4.78 is 16.2. The molecular formula is C24H27N5O6. The number of anilines is 1. The molecule has 2 heterocycles. The van der Waals surface area contributed by atoms with Gasteiger partial charge in [0.1, 0.15) is 18.8 Å². The Morgan fingerprint density at radius 2 is 1.77 bits per heavy atom. The van der Waals surface area contributed by atoms with Gasteiger partial charge in [-0.15, -0.1) is 0 Å². The van der Waals surface area contributed by atoms with E-state index in [1.54, 1.807) is 24.1 Å². The van der Waals surface area contributed by atoms with Crippen LogP contribution in [0.5, 0.6) is 11.5 Å². The lowest BCUT2D eigenvalue weighted by atomic mass is 10.0. The Kier molecular flexibility index (Phi) is 7.25. The van der Waals surface area contributed by atoms with Crippen LogP contribution in [0.4, 0.5) is 5.82 Å². The number of hydrogen-bond donors (Lipinski definition) is 1. The van der Waals surface area contributed by atoms with E-state index in [0.717, 1.165) is 0 Å². The molecule has 35 heavy (non-hydrogen) atoms. The zero-order chi connectivity index (χ0) is 24.9. The summed E-state index contributed by atoms with van der Waals surface area (Å²) in [5.41, 5.74) is 1.02. The van der Waals surface area contributed by atoms with Crippen molar-refractivity contribution in [1.82, 2.24) is 19.8 Å². The van der Waals surface area contributed by atoms with Gasteiger partial charge in [-0.3, -0.25) is 14.4 Å². The maximum atomic E-state index is 12.9. The summed E-state index contributed by atoms with van der Waals surface area (Å²) in [5, 5.41) is 3.58. The Bertz CT molecular complexity index is 1220. The zero-order valence-corrected chi connectivity index (χ0v) is 19.9. The number of amides is 1. The number of ketones is 2. The highest BCUT2D eigenvalue weighted by Crippen LogP contribution is 2.34. The number of rotatable bonds is 8. The quantitative estimate of drug-likeness (QED) is 0.434. The normalized spacial score (nSPS) is 16.2. The SMILES string of the molecule is COCCOc1cc2ncnc(NC3=CC(=O)C(N4CCN(C(C)=O)CC4)=CC3=O)c2cc1OC. The third-order valence-electron chi connectivity index (χ3n) is 5.85. The molecule has 0 unspecified atom stereocenters. The van der Waals surface area contributed by atoms with Gasteiger partial charge in [0.2, 0.25) is 17.5 Å². The van der Waals surface area contributed by atoms with E-state index in [4.69, 9.17) is 14.2 Å². The van der Waals surface area contributed by atoms with Crippen LogP contribution in [0.2, 0.25) is 0 Å². The van der Waals surface area contributed by atoms with Gasteiger partial charge in [0.05, 0.1) is 30.6 Å². The number of allylic oxidation sites excluding steroid dienone is 2. The predicted molar refractivity (Wildman–Crippen MR) is 127 cm³/mol. The van der Waals surface area contributed by atoms with Crippen LogP contribution >= 0.6 is 0 Å². The number of ether oxygens (including phenoxy) is 3. The summed E-state index contributed by atoms with van der Waals surface area (Å²) in [6.07, 6.45) is 3.98. The summed E-state index contributed by atoms with van der Waals surface area (Å²) in [6.45, 7) is 4.29. The Hall–Kier alpha value is -3.99. The number of hydrogen-bond acceptors (Lipinski definition) is 10. The summed E-state index contributed by atoms with van der Waals surface area (Å²) >= 11 is 0. The van der Waals surface area contributed by atoms with Gasteiger partial charge in [-0.1, -0.05) is 0 Å². The van der Waals surface area contributed by atoms with Crippen molar-refractivity contribution < 1.29 is 28.6 Å². The van der Waals surface area contributed by atoms with E-state index in [2.05, 4.69) is 15.3 Å². The monoisotopic (exact) mass is 481 g/mol. The number of carbonyl (C=O) groups excluding carboxylic acids is 3. The lowest BCUT2D eigenvalue weighted by Gasteiger charge is -2.36. The molecule has 1 aliphatic heterocycles. The van der Waals surface area contributed by atoms with Crippen molar-refractivity contribution in [2.24, 2.45) is 0 Å². The van der Waals surface area contributed by atoms with Gasteiger partial charge in [-0.05, 0) is 6.07 Å². The largest absolute Gasteiger partial charge is 0.493 e. The van der Waals surface area contributed by atoms with Crippen LogP contribution in [-0.2, 0) is 19.1 Å². The lowest BCUT2D eigenvalue weighted by molar-refractivity contribution is -0.130. The van der Waals surface area contributed by atoms with Crippen molar-refractivity contribution in [1.29, 1.82) is 0 Å². The average Bonchev–Trinajstić information content (AvgIpc) is 2.86. The minimum absolute atomic E-state index is 0.00146. The van der Waals surface area contributed by atoms with E-state index in [-0.39, 0.29) is 23.2 Å². The number of methoxy groups -OCH3 is 2. The number of nitrogens with one attached hydrogen (secondary N) is 1. The molecule has 1 aliphatic carbocycles. The molecule has 0 radical (unpaired) electrons. The average molecular weight is 482 g/mol. The molecule has 1 fully saturated rings. The van der Waals surface area contributed by atoms with E-state index in [9.17, 15) is 14.4 Å². The summed E-state index contributed by atoms with van der Waals surface area (Å²) in [5.74, 6) is 0.704. The van der Waals surface area contributed by atoms with Crippen molar-refractivity contribution in [3.8, 4) is 11.5 Å². The van der Waals surface area contributed by atoms with Gasteiger partial charge in [0.15, 0.2) is 11.5 Å². The highest BCUT2D eigenvalue weighted by Gasteiger charge is 2.28. The number of carbonyl (C=O) groups is 3. The highest BCUT2D eigenvalue weighted by molar-refractivity contribution is 6.21. The first kappa shape index (κ1) is 24.1. The molecule has 0 spiro atoms. The molecule has 4 rings (SSSR count). The fraction of sp³-hybridized carbons (Fsp3) is 0.375. The Labute approximate surface area is 202 Å². The van der Waals surface area contributed by atoms with Crippen LogP contribution in [0.1, 0.15) is 6.92 Å². The minimum atomic E-state index is -0.341. The molecule has 11 heteroatoms. The molecule has 184 valence electrons. The summed E-state index contributed by atoms with van der Waals surface area (Å²) in [6, 6.07) is 3.43. The van der Waals surface area contributed by atoms with Gasteiger partial charge < -0.3 is 29.3 Å². The van der Waals surface area contributed by atoms with E-state index in [0.29, 0.717) is 73.3 Å². The number of benzene rings is 1. The second-order valence-corrected chi connectivity index (χ2v) is 8.02. The summed E-state index contributed by atoms with van der Waals surface area (Å²) in [4.78, 5) is 49.4. The van der Waals surface area contributed by atoms with Gasteiger partial charge in [0.25, 0.3) is 0 Å². The van der Waals surface area contributed by atoms with Crippen LogP contribution in [0.25, 0.3) is 10.9 Å². The van der Waals surface area contributed by atoms with Crippen LogP contribution in [0.15, 0.2) is 42.0 Å². The maximum absolute atomic E-state index is 12.9. The Morgan fingerprint density at radius 1 is 1.00 bits per heavy atom. The van der Waals surface area contributed by atoms with Crippen molar-refractivity contribution >= 4 is 34.2 Å². The van der Waals surface area contributed by atoms with E-state index < -0.39 is 0 Å². The molecule has 0 bridgehead atoms. The van der Waals surface area contributed by atoms with Crippen molar-refractivity contribution in [3.05, 3.63) is 42.0 Å². The molecule has 1 amide bonds. The van der Waals surface area contributed by atoms with E-state index in [1.807, 2.05) is 4.90 Å². The zero-order valence-electron chi connectivity index (χ0n) is 19.9. The molecule has 2 aromatic rings. The Morgan fingerprint density at radius 3 is 2.46 bits per heavy atom. The van der Waals surface area contributed by atoms with Crippen molar-refractivity contribution in [2.75, 3.05) is 58.9 Å². The molecule has 0 atom stereocenters. The maximum Gasteiger partial charge on any atom is 0.219 e. The minimum Gasteiger partial charge on any atom is -0.493 e. The van der Waals surface area contributed by atoms with Crippen molar-refractivity contribution in [3.63, 3.8) is 0 Å². The first-order valence-electron chi connectivity index (χ1n) is 11.1. The number of aromatic nitrogens is 2. The molecule has 1 aromatic heterocycles. The van der Waals surface area contributed by atoms with Crippen molar-refractivity contribution in [2.45, 2.75) is 6.92 Å². The Balaban J connectivity index is 1.53. The fourth-order valence-electron chi connectivity index (χ4n) is 3.95. The molecular weight excluding hydrogens is 454 g/mol. The number of piperazine rings is 1. The van der Waals surface area contributed by atoms with E-state index >= 15 is 0 Å². The topological polar surface area (TPSA) is 123 Å². The molecule has 1 saturated heterocycles. The van der Waals surface area contributed by atoms with Crippen LogP contribution < -0.4 is 14.8 Å². The first-order chi connectivity index (χ1) is 16.9. The lowest BCUT2D eigenvalue weighted by Crippen LogP contribution is -2.48. The van der Waals surface area contributed by atoms with Gasteiger partial charge in [0, 0.05) is 63.8 Å². The molecule has 11 nitrogen and oxygen atoms in total. The second-order valence-electron chi connectivity index (χ2n) is 8.02. The highest BCUT2D eigenvalue weighted by atomic mass is 16.5. The third-order valence-corrected chi connectivity index (χ3v) is 5.85. The van der Waals surface area contributed by atoms with Gasteiger partial charge in [-0.2, -0.15) is 0 Å². The molecule has 1 N–H and O–H groups in total. The van der Waals surface area contributed by atoms with Crippen LogP contribution in [0.3, 0.4) is 0 Å². The molecule has 2 aliphatic rings. The standard InChI is InChI=1S/C24H27N5O6/c1-15(30)28-4-6-29(7-5-28)19-13-20(31)18(11-21(19)32)27-24-16-10-22(34-3)23(35-9-8-33-2)12-17(16)25-14-26-24/h10-14H,4-9H2,1-3H3,(H,25,26,27). The summed E-state index contributed by atoms with van der Waals surface area (Å²) in [7, 11) is 3.11. The smallest absolute Gasteiger partial charge is 0.219 e. The fourth-order valence-corrected chi connectivity index (χ4v) is 3.95. The predicted octanol–water partition coefficient (Wildman–Crippen LogP) is 1.16. The van der Waals surface area contributed by atoms with Gasteiger partial charge >= 0.3 is 0 Å². The van der Waals surface area contributed by atoms with E-state index in [1.165, 1.54) is 32.5 Å². The molecule has 1 aromatic carbocycles. The third kappa shape index (κ3) is 5.24. The van der Waals surface area contributed by atoms with Crippen LogP contribution in [0, 0.1) is 0 Å². The van der Waals surface area contributed by atoms with Gasteiger partial charge in [-0.25, -0.2) is 9.97 Å². The first-order valence-corrected chi connectivity index (χ1v) is 11.1. The number of fused-ring (bicyclic) bond motifs is 1.